The Morgan fingerprint density at radius 1 is 1.35 bits per heavy atom. The van der Waals surface area contributed by atoms with Gasteiger partial charge in [0.2, 0.25) is 5.91 Å². The lowest BCUT2D eigenvalue weighted by atomic mass is 10.2. The molecule has 1 heterocycles. The summed E-state index contributed by atoms with van der Waals surface area (Å²) in [6.45, 7) is 3.71. The lowest BCUT2D eigenvalue weighted by molar-refractivity contribution is -0.120. The predicted molar refractivity (Wildman–Crippen MR) is 84.4 cm³/mol. The lowest BCUT2D eigenvalue weighted by Crippen LogP contribution is -2.43. The SMILES string of the molecule is CCCCNC(=N)NC(=N)N.Cl.O=C1CCCCCN1. The smallest absolute Gasteiger partial charge is 0.219 e. The number of nitrogens with two attached hydrogens (primary N) is 1. The molecule has 0 atom stereocenters. The zero-order valence-electron chi connectivity index (χ0n) is 12.1. The van der Waals surface area contributed by atoms with Gasteiger partial charge < -0.3 is 16.4 Å². The van der Waals surface area contributed by atoms with E-state index in [1.54, 1.807) is 0 Å². The summed E-state index contributed by atoms with van der Waals surface area (Å²) in [6, 6.07) is 0. The molecule has 1 rings (SSSR count). The van der Waals surface area contributed by atoms with Gasteiger partial charge in [-0.3, -0.25) is 20.9 Å². The van der Waals surface area contributed by atoms with Crippen LogP contribution in [-0.4, -0.2) is 30.9 Å². The lowest BCUT2D eigenvalue weighted by Gasteiger charge is -2.06. The van der Waals surface area contributed by atoms with Crippen molar-refractivity contribution in [2.45, 2.75) is 45.4 Å². The monoisotopic (exact) mass is 306 g/mol. The Morgan fingerprint density at radius 2 is 2.05 bits per heavy atom. The zero-order chi connectivity index (χ0) is 14.5. The van der Waals surface area contributed by atoms with Crippen molar-refractivity contribution in [3.8, 4) is 0 Å². The molecule has 118 valence electrons. The highest BCUT2D eigenvalue weighted by Crippen LogP contribution is 2.02. The van der Waals surface area contributed by atoms with E-state index in [4.69, 9.17) is 16.6 Å². The molecule has 1 aliphatic heterocycles. The highest BCUT2D eigenvalue weighted by molar-refractivity contribution is 5.94. The summed E-state index contributed by atoms with van der Waals surface area (Å²) in [7, 11) is 0. The molecule has 1 aliphatic rings. The summed E-state index contributed by atoms with van der Waals surface area (Å²) in [5, 5.41) is 21.9. The van der Waals surface area contributed by atoms with E-state index in [0.717, 1.165) is 45.2 Å². The largest absolute Gasteiger partial charge is 0.370 e. The number of nitrogens with one attached hydrogen (secondary N) is 5. The van der Waals surface area contributed by atoms with Crippen molar-refractivity contribution in [2.75, 3.05) is 13.1 Å². The van der Waals surface area contributed by atoms with Crippen LogP contribution in [0.2, 0.25) is 0 Å². The number of carbonyl (C=O) groups excluding carboxylic acids is 1. The standard InChI is InChI=1S/C6H15N5.C6H11NO.ClH/c1-2-3-4-10-6(9)11-5(7)8;8-6-4-2-1-3-5-7-6;/h2-4H2,1H3,(H6,7,8,9,10,11);1-5H2,(H,7,8);1H. The Morgan fingerprint density at radius 3 is 2.65 bits per heavy atom. The van der Waals surface area contributed by atoms with E-state index < -0.39 is 0 Å². The summed E-state index contributed by atoms with van der Waals surface area (Å²) in [6.07, 6.45) is 6.28. The van der Waals surface area contributed by atoms with Crippen LogP contribution in [0.1, 0.15) is 45.4 Å². The number of hydrogen-bond donors (Lipinski definition) is 6. The molecular weight excluding hydrogens is 280 g/mol. The molecule has 7 N–H and O–H groups in total. The van der Waals surface area contributed by atoms with Gasteiger partial charge in [0.1, 0.15) is 0 Å². The first-order valence-corrected chi connectivity index (χ1v) is 6.76. The molecule has 0 aliphatic carbocycles. The fourth-order valence-corrected chi connectivity index (χ4v) is 1.47. The second-order valence-electron chi connectivity index (χ2n) is 4.35. The topological polar surface area (TPSA) is 127 Å². The molecule has 0 radical (unpaired) electrons. The summed E-state index contributed by atoms with van der Waals surface area (Å²) in [5.41, 5.74) is 4.99. The molecule has 8 heteroatoms. The van der Waals surface area contributed by atoms with E-state index >= 15 is 0 Å². The molecule has 1 amide bonds. The number of hydrogen-bond acceptors (Lipinski definition) is 3. The maximum Gasteiger partial charge on any atom is 0.219 e. The quantitative estimate of drug-likeness (QED) is 0.263. The molecule has 0 aromatic heterocycles. The van der Waals surface area contributed by atoms with E-state index in [1.807, 2.05) is 0 Å². The van der Waals surface area contributed by atoms with E-state index in [9.17, 15) is 4.79 Å². The van der Waals surface area contributed by atoms with Crippen LogP contribution in [0.3, 0.4) is 0 Å². The molecule has 7 nitrogen and oxygen atoms in total. The van der Waals surface area contributed by atoms with Crippen molar-refractivity contribution in [2.24, 2.45) is 5.73 Å². The minimum atomic E-state index is -0.209. The van der Waals surface area contributed by atoms with E-state index in [0.29, 0.717) is 0 Å². The van der Waals surface area contributed by atoms with Crippen molar-refractivity contribution in [3.05, 3.63) is 0 Å². The van der Waals surface area contributed by atoms with Crippen LogP contribution in [0, 0.1) is 10.8 Å². The molecule has 0 aromatic rings. The molecule has 1 saturated heterocycles. The van der Waals surface area contributed by atoms with Gasteiger partial charge in [0, 0.05) is 19.5 Å². The van der Waals surface area contributed by atoms with Crippen molar-refractivity contribution in [1.29, 1.82) is 10.8 Å². The normalized spacial score (nSPS) is 13.6. The number of rotatable bonds is 3. The Balaban J connectivity index is 0. The summed E-state index contributed by atoms with van der Waals surface area (Å²) >= 11 is 0. The van der Waals surface area contributed by atoms with Gasteiger partial charge in [-0.05, 0) is 19.3 Å². The molecule has 0 unspecified atom stereocenters. The van der Waals surface area contributed by atoms with Gasteiger partial charge in [-0.25, -0.2) is 0 Å². The molecular formula is C12H27ClN6O. The summed E-state index contributed by atoms with van der Waals surface area (Å²) in [4.78, 5) is 10.6. The second-order valence-corrected chi connectivity index (χ2v) is 4.35. The van der Waals surface area contributed by atoms with Crippen LogP contribution in [-0.2, 0) is 4.79 Å². The number of unbranched alkanes of at least 4 members (excludes halogenated alkanes) is 1. The van der Waals surface area contributed by atoms with Crippen LogP contribution in [0.5, 0.6) is 0 Å². The van der Waals surface area contributed by atoms with Gasteiger partial charge in [-0.1, -0.05) is 19.8 Å². The zero-order valence-corrected chi connectivity index (χ0v) is 12.9. The Hall–Kier alpha value is -1.50. The highest BCUT2D eigenvalue weighted by atomic mass is 35.5. The Labute approximate surface area is 126 Å². The molecule has 0 saturated carbocycles. The van der Waals surface area contributed by atoms with E-state index in [1.165, 1.54) is 6.42 Å². The van der Waals surface area contributed by atoms with Gasteiger partial charge in [-0.2, -0.15) is 0 Å². The van der Waals surface area contributed by atoms with Crippen LogP contribution in [0.25, 0.3) is 0 Å². The predicted octanol–water partition coefficient (Wildman–Crippen LogP) is 0.892. The van der Waals surface area contributed by atoms with E-state index in [-0.39, 0.29) is 30.2 Å². The summed E-state index contributed by atoms with van der Waals surface area (Å²) in [5.74, 6) is 0.104. The van der Waals surface area contributed by atoms with Crippen LogP contribution < -0.4 is 21.7 Å². The first-order chi connectivity index (χ1) is 9.06. The average molecular weight is 307 g/mol. The molecule has 1 fully saturated rings. The van der Waals surface area contributed by atoms with Crippen LogP contribution in [0.15, 0.2) is 0 Å². The fourth-order valence-electron chi connectivity index (χ4n) is 1.47. The minimum absolute atomic E-state index is 0. The minimum Gasteiger partial charge on any atom is -0.370 e. The molecule has 0 spiro atoms. The van der Waals surface area contributed by atoms with Crippen molar-refractivity contribution in [3.63, 3.8) is 0 Å². The Bertz CT molecular complexity index is 288. The van der Waals surface area contributed by atoms with Crippen LogP contribution >= 0.6 is 12.4 Å². The average Bonchev–Trinajstić information content (AvgIpc) is 2.57. The third-order valence-electron chi connectivity index (χ3n) is 2.49. The third-order valence-corrected chi connectivity index (χ3v) is 2.49. The molecule has 0 bridgehead atoms. The van der Waals surface area contributed by atoms with Gasteiger partial charge in [-0.15, -0.1) is 12.4 Å². The van der Waals surface area contributed by atoms with Gasteiger partial charge in [0.25, 0.3) is 0 Å². The number of carbonyl (C=O) groups is 1. The maximum atomic E-state index is 10.6. The molecule has 20 heavy (non-hydrogen) atoms. The third kappa shape index (κ3) is 14.6. The number of amides is 1. The van der Waals surface area contributed by atoms with Crippen molar-refractivity contribution >= 4 is 30.2 Å². The van der Waals surface area contributed by atoms with Crippen molar-refractivity contribution in [1.82, 2.24) is 16.0 Å². The van der Waals surface area contributed by atoms with Crippen LogP contribution in [0.4, 0.5) is 0 Å². The number of guanidine groups is 2. The first-order valence-electron chi connectivity index (χ1n) is 6.76. The fraction of sp³-hybridized carbons (Fsp3) is 0.750. The maximum absolute atomic E-state index is 10.6. The summed E-state index contributed by atoms with van der Waals surface area (Å²) < 4.78 is 0. The second kappa shape index (κ2) is 13.9. The number of halogens is 1. The Kier molecular flexibility index (Phi) is 14.5. The van der Waals surface area contributed by atoms with Gasteiger partial charge >= 0.3 is 0 Å². The highest BCUT2D eigenvalue weighted by Gasteiger charge is 2.03. The van der Waals surface area contributed by atoms with Gasteiger partial charge in [0.05, 0.1) is 0 Å². The van der Waals surface area contributed by atoms with E-state index in [2.05, 4.69) is 22.9 Å². The van der Waals surface area contributed by atoms with Gasteiger partial charge in [0.15, 0.2) is 11.9 Å². The first kappa shape index (κ1) is 20.8. The van der Waals surface area contributed by atoms with Crippen molar-refractivity contribution < 1.29 is 4.79 Å². The molecule has 0 aromatic carbocycles.